The predicted molar refractivity (Wildman–Crippen MR) is 111 cm³/mol. The van der Waals surface area contributed by atoms with E-state index in [2.05, 4.69) is 14.7 Å². The van der Waals surface area contributed by atoms with Crippen LogP contribution in [0.25, 0.3) is 11.8 Å². The van der Waals surface area contributed by atoms with Gasteiger partial charge in [-0.25, -0.2) is 8.42 Å². The molecule has 1 N–H and O–H groups in total. The third kappa shape index (κ3) is 4.83. The molecule has 8 nitrogen and oxygen atoms in total. The number of halogens is 2. The van der Waals surface area contributed by atoms with E-state index in [4.69, 9.17) is 23.2 Å². The highest BCUT2D eigenvalue weighted by molar-refractivity contribution is 7.90. The fraction of sp³-hybridized carbons (Fsp3) is 0.0588. The Morgan fingerprint density at radius 3 is 2.69 bits per heavy atom. The first-order chi connectivity index (χ1) is 13.7. The lowest BCUT2D eigenvalue weighted by Crippen LogP contribution is -2.13. The van der Waals surface area contributed by atoms with Gasteiger partial charge in [0, 0.05) is 35.4 Å². The van der Waals surface area contributed by atoms with Crippen molar-refractivity contribution in [1.82, 2.24) is 13.9 Å². The summed E-state index contributed by atoms with van der Waals surface area (Å²) in [6.45, 7) is 0. The van der Waals surface area contributed by atoms with Crippen LogP contribution in [0.1, 0.15) is 5.69 Å². The quantitative estimate of drug-likeness (QED) is 0.452. The largest absolute Gasteiger partial charge is 0.317 e. The fourth-order valence-corrected chi connectivity index (χ4v) is 3.99. The summed E-state index contributed by atoms with van der Waals surface area (Å²) in [6.07, 6.45) is 4.08. The van der Waals surface area contributed by atoms with Gasteiger partial charge in [-0.3, -0.25) is 10.1 Å². The zero-order valence-electron chi connectivity index (χ0n) is 14.6. The third-order valence-corrected chi connectivity index (χ3v) is 5.91. The van der Waals surface area contributed by atoms with Crippen molar-refractivity contribution < 1.29 is 13.2 Å². The van der Waals surface area contributed by atoms with Crippen molar-refractivity contribution in [3.8, 4) is 11.8 Å². The minimum absolute atomic E-state index is 0.0311. The molecule has 1 aromatic carbocycles. The standard InChI is InChI=1S/C17H11Cl2N5O3S2/c1-29(26,27)17-22-16(28-23-17)21-15(25)10(9-20)7-11-3-2-6-24(11)12-4-5-13(18)14(19)8-12/h2-8H,1H3,(H,21,22,23,25). The molecular formula is C17H11Cl2N5O3S2. The van der Waals surface area contributed by atoms with E-state index in [0.717, 1.165) is 6.26 Å². The molecule has 3 rings (SSSR count). The number of amides is 1. The molecule has 0 saturated carbocycles. The first kappa shape index (κ1) is 21.0. The lowest BCUT2D eigenvalue weighted by molar-refractivity contribution is -0.112. The second-order valence-electron chi connectivity index (χ2n) is 5.68. The number of anilines is 1. The van der Waals surface area contributed by atoms with E-state index < -0.39 is 20.9 Å². The molecule has 0 saturated heterocycles. The van der Waals surface area contributed by atoms with E-state index in [1.807, 2.05) is 6.07 Å². The smallest absolute Gasteiger partial charge is 0.268 e. The van der Waals surface area contributed by atoms with Crippen LogP contribution in [0.5, 0.6) is 0 Å². The number of hydrogen-bond acceptors (Lipinski definition) is 7. The van der Waals surface area contributed by atoms with E-state index in [0.29, 0.717) is 33.0 Å². The van der Waals surface area contributed by atoms with Crippen LogP contribution < -0.4 is 5.32 Å². The summed E-state index contributed by atoms with van der Waals surface area (Å²) in [5.74, 6) is -0.745. The Balaban J connectivity index is 1.88. The maximum absolute atomic E-state index is 12.4. The molecular weight excluding hydrogens is 457 g/mol. The summed E-state index contributed by atoms with van der Waals surface area (Å²) in [5.41, 5.74) is 1.03. The van der Waals surface area contributed by atoms with Crippen molar-refractivity contribution in [3.05, 3.63) is 57.8 Å². The highest BCUT2D eigenvalue weighted by Crippen LogP contribution is 2.26. The summed E-state index contributed by atoms with van der Waals surface area (Å²) in [7, 11) is -3.59. The molecule has 0 atom stereocenters. The number of carbonyl (C=O) groups excluding carboxylic acids is 1. The van der Waals surface area contributed by atoms with Crippen LogP contribution in [0, 0.1) is 11.3 Å². The summed E-state index contributed by atoms with van der Waals surface area (Å²) < 4.78 is 28.3. The van der Waals surface area contributed by atoms with Crippen LogP contribution in [0.2, 0.25) is 10.0 Å². The number of benzene rings is 1. The van der Waals surface area contributed by atoms with Gasteiger partial charge in [-0.1, -0.05) is 23.2 Å². The van der Waals surface area contributed by atoms with Gasteiger partial charge < -0.3 is 4.57 Å². The van der Waals surface area contributed by atoms with E-state index in [1.54, 1.807) is 41.1 Å². The number of hydrogen-bond donors (Lipinski definition) is 1. The molecule has 148 valence electrons. The SMILES string of the molecule is CS(=O)(=O)c1nsc(NC(=O)C(C#N)=Cc2cccn2-c2ccc(Cl)c(Cl)c2)n1. The predicted octanol–water partition coefficient (Wildman–Crippen LogP) is 3.58. The van der Waals surface area contributed by atoms with Crippen LogP contribution in [0.15, 0.2) is 47.3 Å². The zero-order valence-corrected chi connectivity index (χ0v) is 17.8. The average Bonchev–Trinajstić information content (AvgIpc) is 3.31. The summed E-state index contributed by atoms with van der Waals surface area (Å²) in [5, 5.41) is 12.1. The summed E-state index contributed by atoms with van der Waals surface area (Å²) in [6, 6.07) is 10.3. The molecule has 2 heterocycles. The number of sulfone groups is 1. The molecule has 0 aliphatic rings. The maximum atomic E-state index is 12.4. The Kier molecular flexibility index (Phi) is 6.04. The molecule has 0 fully saturated rings. The van der Waals surface area contributed by atoms with Gasteiger partial charge in [0.25, 0.3) is 11.1 Å². The number of aromatic nitrogens is 3. The molecule has 0 unspecified atom stereocenters. The van der Waals surface area contributed by atoms with E-state index >= 15 is 0 Å². The van der Waals surface area contributed by atoms with Gasteiger partial charge in [0.2, 0.25) is 15.0 Å². The second-order valence-corrected chi connectivity index (χ2v) is 9.16. The first-order valence-corrected chi connectivity index (χ1v) is 11.2. The highest BCUT2D eigenvalue weighted by Gasteiger charge is 2.18. The van der Waals surface area contributed by atoms with Gasteiger partial charge in [0.15, 0.2) is 0 Å². The van der Waals surface area contributed by atoms with Crippen molar-refractivity contribution in [1.29, 1.82) is 5.26 Å². The summed E-state index contributed by atoms with van der Waals surface area (Å²) in [4.78, 5) is 16.2. The van der Waals surface area contributed by atoms with Gasteiger partial charge in [-0.15, -0.1) is 0 Å². The van der Waals surface area contributed by atoms with E-state index in [-0.39, 0.29) is 10.7 Å². The first-order valence-electron chi connectivity index (χ1n) is 7.79. The normalized spacial score (nSPS) is 11.9. The Hall–Kier alpha value is -2.71. The maximum Gasteiger partial charge on any atom is 0.268 e. The number of nitriles is 1. The minimum Gasteiger partial charge on any atom is -0.317 e. The molecule has 3 aromatic rings. The van der Waals surface area contributed by atoms with Crippen LogP contribution in [-0.2, 0) is 14.6 Å². The molecule has 12 heteroatoms. The molecule has 0 aliphatic carbocycles. The topological polar surface area (TPSA) is 118 Å². The third-order valence-electron chi connectivity index (χ3n) is 3.58. The molecule has 0 aliphatic heterocycles. The Morgan fingerprint density at radius 1 is 1.31 bits per heavy atom. The molecule has 29 heavy (non-hydrogen) atoms. The molecule has 0 spiro atoms. The number of nitrogens with one attached hydrogen (secondary N) is 1. The van der Waals surface area contributed by atoms with Crippen molar-refractivity contribution >= 4 is 61.7 Å². The van der Waals surface area contributed by atoms with Crippen LogP contribution in [0.4, 0.5) is 5.13 Å². The van der Waals surface area contributed by atoms with E-state index in [1.165, 1.54) is 6.08 Å². The van der Waals surface area contributed by atoms with Crippen LogP contribution in [0.3, 0.4) is 0 Å². The van der Waals surface area contributed by atoms with Gasteiger partial charge in [0.05, 0.1) is 10.0 Å². The van der Waals surface area contributed by atoms with Crippen molar-refractivity contribution in [2.45, 2.75) is 5.16 Å². The zero-order chi connectivity index (χ0) is 21.2. The number of nitrogens with zero attached hydrogens (tertiary/aromatic N) is 4. The molecule has 0 bridgehead atoms. The van der Waals surface area contributed by atoms with Gasteiger partial charge in [-0.2, -0.15) is 14.6 Å². The minimum atomic E-state index is -3.59. The number of carbonyl (C=O) groups is 1. The molecule has 2 aromatic heterocycles. The van der Waals surface area contributed by atoms with Crippen molar-refractivity contribution in [2.24, 2.45) is 0 Å². The number of rotatable bonds is 5. The highest BCUT2D eigenvalue weighted by atomic mass is 35.5. The fourth-order valence-electron chi connectivity index (χ4n) is 2.25. The summed E-state index contributed by atoms with van der Waals surface area (Å²) >= 11 is 12.7. The molecule has 1 amide bonds. The van der Waals surface area contributed by atoms with Crippen LogP contribution >= 0.6 is 34.7 Å². The Morgan fingerprint density at radius 2 is 2.07 bits per heavy atom. The van der Waals surface area contributed by atoms with Gasteiger partial charge in [0.1, 0.15) is 11.6 Å². The van der Waals surface area contributed by atoms with Crippen molar-refractivity contribution in [2.75, 3.05) is 11.6 Å². The average molecular weight is 468 g/mol. The van der Waals surface area contributed by atoms with Gasteiger partial charge >= 0.3 is 0 Å². The lowest BCUT2D eigenvalue weighted by atomic mass is 10.2. The monoisotopic (exact) mass is 467 g/mol. The Labute approximate surface area is 180 Å². The Bertz CT molecular complexity index is 1270. The van der Waals surface area contributed by atoms with E-state index in [9.17, 15) is 18.5 Å². The molecule has 0 radical (unpaired) electrons. The van der Waals surface area contributed by atoms with Gasteiger partial charge in [-0.05, 0) is 36.4 Å². The van der Waals surface area contributed by atoms with Crippen LogP contribution in [-0.4, -0.2) is 34.5 Å². The second kappa shape index (κ2) is 8.34. The lowest BCUT2D eigenvalue weighted by Gasteiger charge is -2.08. The van der Waals surface area contributed by atoms with Crippen molar-refractivity contribution in [3.63, 3.8) is 0 Å².